The molecular formula is C16H16ClF4N3O4. The quantitative estimate of drug-likeness (QED) is 0.526. The number of amides is 1. The van der Waals surface area contributed by atoms with Crippen LogP contribution in [0.5, 0.6) is 0 Å². The van der Waals surface area contributed by atoms with Gasteiger partial charge in [0.25, 0.3) is 0 Å². The lowest BCUT2D eigenvalue weighted by Crippen LogP contribution is -2.23. The minimum atomic E-state index is -5.08. The number of nitrogens with one attached hydrogen (secondary N) is 1. The van der Waals surface area contributed by atoms with Gasteiger partial charge in [-0.15, -0.1) is 0 Å². The number of halogens is 5. The van der Waals surface area contributed by atoms with Crippen molar-refractivity contribution in [3.63, 3.8) is 0 Å². The molecule has 28 heavy (non-hydrogen) atoms. The van der Waals surface area contributed by atoms with Crippen LogP contribution < -0.4 is 5.32 Å². The molecule has 12 heteroatoms. The van der Waals surface area contributed by atoms with Gasteiger partial charge in [-0.1, -0.05) is 24.9 Å². The summed E-state index contributed by atoms with van der Waals surface area (Å²) in [5.74, 6) is -2.84. The van der Waals surface area contributed by atoms with Gasteiger partial charge in [0, 0.05) is 0 Å². The lowest BCUT2D eigenvalue weighted by Gasteiger charge is -2.13. The second-order valence-electron chi connectivity index (χ2n) is 5.49. The Morgan fingerprint density at radius 3 is 2.54 bits per heavy atom. The standard InChI is InChI=1S/C16H16ClF4N3O4/c1-3-5-6-28-15(26)24-12-10(22-13(24)16(19,20)21)8(17)7-9(18)11(12)23-14(25)27-4-2/h7H,3-6H2,1-2H3,(H,23,25). The number of carbonyl (C=O) groups excluding carboxylic acids is 2. The zero-order chi connectivity index (χ0) is 21.1. The van der Waals surface area contributed by atoms with Crippen LogP contribution in [0.3, 0.4) is 0 Å². The number of carbonyl (C=O) groups is 2. The molecule has 0 fully saturated rings. The minimum Gasteiger partial charge on any atom is -0.450 e. The summed E-state index contributed by atoms with van der Waals surface area (Å²) in [6.45, 7) is 3.04. The van der Waals surface area contributed by atoms with Crippen LogP contribution in [0.25, 0.3) is 11.0 Å². The molecule has 0 saturated heterocycles. The van der Waals surface area contributed by atoms with Crippen LogP contribution in [-0.4, -0.2) is 35.0 Å². The van der Waals surface area contributed by atoms with Crippen molar-refractivity contribution in [3.05, 3.63) is 22.7 Å². The number of benzene rings is 1. The van der Waals surface area contributed by atoms with E-state index in [0.717, 1.165) is 0 Å². The van der Waals surface area contributed by atoms with Gasteiger partial charge in [-0.3, -0.25) is 5.32 Å². The number of hydrogen-bond donors (Lipinski definition) is 1. The third-order valence-electron chi connectivity index (χ3n) is 3.49. The van der Waals surface area contributed by atoms with Crippen LogP contribution in [0.4, 0.5) is 32.8 Å². The fraction of sp³-hybridized carbons (Fsp3) is 0.438. The predicted octanol–water partition coefficient (Wildman–Crippen LogP) is 5.20. The maximum atomic E-state index is 14.4. The highest BCUT2D eigenvalue weighted by molar-refractivity contribution is 6.35. The van der Waals surface area contributed by atoms with Crippen molar-refractivity contribution < 1.29 is 36.6 Å². The average Bonchev–Trinajstić information content (AvgIpc) is 3.00. The molecule has 0 aliphatic carbocycles. The summed E-state index contributed by atoms with van der Waals surface area (Å²) >= 11 is 5.82. The van der Waals surface area contributed by atoms with Gasteiger partial charge in [0.05, 0.1) is 18.2 Å². The van der Waals surface area contributed by atoms with Crippen LogP contribution in [0.15, 0.2) is 6.07 Å². The molecule has 0 aliphatic heterocycles. The fourth-order valence-corrected chi connectivity index (χ4v) is 2.53. The van der Waals surface area contributed by atoms with Gasteiger partial charge in [0.2, 0.25) is 5.82 Å². The molecule has 1 heterocycles. The Labute approximate surface area is 161 Å². The highest BCUT2D eigenvalue weighted by atomic mass is 35.5. The van der Waals surface area contributed by atoms with Gasteiger partial charge in [0.15, 0.2) is 5.82 Å². The largest absolute Gasteiger partial charge is 0.450 e. The number of fused-ring (bicyclic) bond motifs is 1. The number of aromatic nitrogens is 2. The lowest BCUT2D eigenvalue weighted by atomic mass is 10.2. The highest BCUT2D eigenvalue weighted by Gasteiger charge is 2.41. The van der Waals surface area contributed by atoms with Gasteiger partial charge in [0.1, 0.15) is 16.7 Å². The summed E-state index contributed by atoms with van der Waals surface area (Å²) in [7, 11) is 0. The summed E-state index contributed by atoms with van der Waals surface area (Å²) in [6.07, 6.45) is -6.62. The first-order chi connectivity index (χ1) is 13.1. The number of imidazole rings is 1. The Morgan fingerprint density at radius 2 is 1.96 bits per heavy atom. The Bertz CT molecular complexity index is 898. The summed E-state index contributed by atoms with van der Waals surface area (Å²) < 4.78 is 64.2. The smallest absolute Gasteiger partial charge is 0.450 e. The third-order valence-corrected chi connectivity index (χ3v) is 3.78. The average molecular weight is 426 g/mol. The first kappa shape index (κ1) is 21.7. The third kappa shape index (κ3) is 4.46. The molecule has 0 bridgehead atoms. The molecule has 1 N–H and O–H groups in total. The van der Waals surface area contributed by atoms with Crippen molar-refractivity contribution in [1.82, 2.24) is 9.55 Å². The molecule has 1 aromatic heterocycles. The molecule has 1 amide bonds. The molecule has 2 rings (SSSR count). The summed E-state index contributed by atoms with van der Waals surface area (Å²) in [5.41, 5.74) is -1.96. The van der Waals surface area contributed by atoms with Crippen LogP contribution in [0, 0.1) is 5.82 Å². The first-order valence-electron chi connectivity index (χ1n) is 8.20. The summed E-state index contributed by atoms with van der Waals surface area (Å²) in [5, 5.41) is 1.50. The van der Waals surface area contributed by atoms with E-state index in [0.29, 0.717) is 18.9 Å². The van der Waals surface area contributed by atoms with Crippen molar-refractivity contribution in [2.24, 2.45) is 0 Å². The van der Waals surface area contributed by atoms with Crippen molar-refractivity contribution in [3.8, 4) is 0 Å². The fourth-order valence-electron chi connectivity index (χ4n) is 2.31. The zero-order valence-electron chi connectivity index (χ0n) is 14.8. The minimum absolute atomic E-state index is 0.0432. The number of ether oxygens (including phenoxy) is 2. The number of alkyl halides is 3. The van der Waals surface area contributed by atoms with Crippen LogP contribution in [-0.2, 0) is 15.7 Å². The van der Waals surface area contributed by atoms with E-state index in [1.165, 1.54) is 6.92 Å². The lowest BCUT2D eigenvalue weighted by molar-refractivity contribution is -0.146. The van der Waals surface area contributed by atoms with Crippen molar-refractivity contribution in [1.29, 1.82) is 0 Å². The Hall–Kier alpha value is -2.56. The highest BCUT2D eigenvalue weighted by Crippen LogP contribution is 2.38. The number of hydrogen-bond acceptors (Lipinski definition) is 5. The van der Waals surface area contributed by atoms with Gasteiger partial charge >= 0.3 is 18.4 Å². The van der Waals surface area contributed by atoms with E-state index in [9.17, 15) is 27.2 Å². The van der Waals surface area contributed by atoms with Gasteiger partial charge in [-0.05, 0) is 19.4 Å². The number of rotatable bonds is 5. The molecule has 0 aliphatic rings. The monoisotopic (exact) mass is 425 g/mol. The predicted molar refractivity (Wildman–Crippen MR) is 92.0 cm³/mol. The molecular weight excluding hydrogens is 410 g/mol. The second-order valence-corrected chi connectivity index (χ2v) is 5.90. The van der Waals surface area contributed by atoms with Crippen molar-refractivity contribution in [2.75, 3.05) is 18.5 Å². The Morgan fingerprint density at radius 1 is 1.29 bits per heavy atom. The topological polar surface area (TPSA) is 82.5 Å². The van der Waals surface area contributed by atoms with E-state index < -0.39 is 51.7 Å². The van der Waals surface area contributed by atoms with E-state index in [-0.39, 0.29) is 17.8 Å². The van der Waals surface area contributed by atoms with E-state index >= 15 is 0 Å². The van der Waals surface area contributed by atoms with Gasteiger partial charge in [-0.25, -0.2) is 23.5 Å². The van der Waals surface area contributed by atoms with Crippen molar-refractivity contribution in [2.45, 2.75) is 32.9 Å². The molecule has 0 atom stereocenters. The maximum Gasteiger partial charge on any atom is 0.450 e. The SMILES string of the molecule is CCCCOC(=O)n1c(C(F)(F)F)nc2c(Cl)cc(F)c(NC(=O)OCC)c21. The molecule has 0 spiro atoms. The van der Waals surface area contributed by atoms with Crippen LogP contribution >= 0.6 is 11.6 Å². The molecule has 2 aromatic rings. The number of anilines is 1. The molecule has 0 saturated carbocycles. The molecule has 1 aromatic carbocycles. The maximum absolute atomic E-state index is 14.4. The number of nitrogens with zero attached hydrogens (tertiary/aromatic N) is 2. The van der Waals surface area contributed by atoms with E-state index in [2.05, 4.69) is 9.72 Å². The van der Waals surface area contributed by atoms with Gasteiger partial charge in [-0.2, -0.15) is 13.2 Å². The van der Waals surface area contributed by atoms with E-state index in [4.69, 9.17) is 16.3 Å². The van der Waals surface area contributed by atoms with Crippen LogP contribution in [0.1, 0.15) is 32.5 Å². The Kier molecular flexibility index (Phi) is 6.70. The van der Waals surface area contributed by atoms with Crippen LogP contribution in [0.2, 0.25) is 5.02 Å². The molecule has 0 radical (unpaired) electrons. The van der Waals surface area contributed by atoms with E-state index in [1.807, 2.05) is 5.32 Å². The summed E-state index contributed by atoms with van der Waals surface area (Å²) in [6, 6.07) is 0.672. The Balaban J connectivity index is 2.74. The van der Waals surface area contributed by atoms with Gasteiger partial charge < -0.3 is 9.47 Å². The normalized spacial score (nSPS) is 11.5. The molecule has 7 nitrogen and oxygen atoms in total. The zero-order valence-corrected chi connectivity index (χ0v) is 15.6. The molecule has 154 valence electrons. The van der Waals surface area contributed by atoms with E-state index in [1.54, 1.807) is 6.92 Å². The molecule has 0 unspecified atom stereocenters. The summed E-state index contributed by atoms with van der Waals surface area (Å²) in [4.78, 5) is 27.4. The first-order valence-corrected chi connectivity index (χ1v) is 8.58. The van der Waals surface area contributed by atoms with Crippen molar-refractivity contribution >= 4 is 40.5 Å². The second kappa shape index (κ2) is 8.63. The number of unbranched alkanes of at least 4 members (excludes halogenated alkanes) is 1.